The van der Waals surface area contributed by atoms with Gasteiger partial charge in [0, 0.05) is 51.6 Å². The summed E-state index contributed by atoms with van der Waals surface area (Å²) in [6.07, 6.45) is 5.12. The third kappa shape index (κ3) is 33.7. The molecule has 12 nitrogen and oxygen atoms in total. The van der Waals surface area contributed by atoms with Gasteiger partial charge in [-0.25, -0.2) is 0 Å². The van der Waals surface area contributed by atoms with Crippen LogP contribution in [0.1, 0.15) is 79.1 Å². The van der Waals surface area contributed by atoms with Gasteiger partial charge in [0.25, 0.3) is 0 Å². The average molecular weight is 663 g/mol. The van der Waals surface area contributed by atoms with Crippen LogP contribution < -0.4 is 0 Å². The summed E-state index contributed by atoms with van der Waals surface area (Å²) < 4.78 is 43.1. The molecule has 0 aliphatic heterocycles. The molecular formula is C34H62O12. The molecule has 0 N–H and O–H groups in total. The third-order valence-corrected chi connectivity index (χ3v) is 6.47. The van der Waals surface area contributed by atoms with Crippen molar-refractivity contribution in [3.8, 4) is 0 Å². The maximum Gasteiger partial charge on any atom is 0.160 e. The molecule has 0 fully saturated rings. The molecule has 0 aliphatic carbocycles. The van der Waals surface area contributed by atoms with Crippen molar-refractivity contribution in [1.29, 1.82) is 0 Å². The van der Waals surface area contributed by atoms with Crippen LogP contribution in [0.4, 0.5) is 0 Å². The van der Waals surface area contributed by atoms with E-state index >= 15 is 0 Å². The zero-order valence-electron chi connectivity index (χ0n) is 29.0. The van der Waals surface area contributed by atoms with Crippen LogP contribution in [0.15, 0.2) is 0 Å². The van der Waals surface area contributed by atoms with Crippen LogP contribution in [0.25, 0.3) is 0 Å². The summed E-state index contributed by atoms with van der Waals surface area (Å²) in [6, 6.07) is 0. The second-order valence-electron chi connectivity index (χ2n) is 11.7. The first-order chi connectivity index (χ1) is 22.2. The first-order valence-corrected chi connectivity index (χ1v) is 16.9. The van der Waals surface area contributed by atoms with Gasteiger partial charge in [0.15, 0.2) is 23.1 Å². The van der Waals surface area contributed by atoms with Crippen molar-refractivity contribution in [2.24, 2.45) is 11.8 Å². The van der Waals surface area contributed by atoms with Crippen LogP contribution in [0, 0.1) is 11.8 Å². The number of hydrogen-bond donors (Lipinski definition) is 0. The Kier molecular flexibility index (Phi) is 32.1. The Morgan fingerprint density at radius 2 is 0.696 bits per heavy atom. The summed E-state index contributed by atoms with van der Waals surface area (Å²) in [5.74, 6) is 0.755. The second-order valence-corrected chi connectivity index (χ2v) is 11.7. The lowest BCUT2D eigenvalue weighted by Crippen LogP contribution is -2.17. The Balaban J connectivity index is 3.35. The minimum atomic E-state index is -0.0323. The van der Waals surface area contributed by atoms with Gasteiger partial charge in [-0.2, -0.15) is 0 Å². The molecule has 0 spiro atoms. The van der Waals surface area contributed by atoms with E-state index in [4.69, 9.17) is 37.9 Å². The SMILES string of the molecule is CC(C)CCCOCCOCC(=O)CCCOCCOCC(=O)CCCOCCOCC(=O)CCCOCCOCC(=O)C(C)C. The zero-order valence-corrected chi connectivity index (χ0v) is 29.0. The molecule has 0 unspecified atom stereocenters. The smallest absolute Gasteiger partial charge is 0.160 e. The fourth-order valence-electron chi connectivity index (χ4n) is 3.70. The normalized spacial score (nSPS) is 11.5. The van der Waals surface area contributed by atoms with Gasteiger partial charge in [-0.3, -0.25) is 19.2 Å². The van der Waals surface area contributed by atoms with E-state index in [9.17, 15) is 19.2 Å². The molecule has 46 heavy (non-hydrogen) atoms. The van der Waals surface area contributed by atoms with E-state index in [1.165, 1.54) is 0 Å². The summed E-state index contributed by atoms with van der Waals surface area (Å²) in [4.78, 5) is 47.0. The molecule has 0 saturated carbocycles. The average Bonchev–Trinajstić information content (AvgIpc) is 3.01. The first kappa shape index (κ1) is 44.4. The Morgan fingerprint density at radius 1 is 0.391 bits per heavy atom. The van der Waals surface area contributed by atoms with E-state index in [1.54, 1.807) is 0 Å². The Hall–Kier alpha value is -1.64. The summed E-state index contributed by atoms with van der Waals surface area (Å²) in [5, 5.41) is 0. The van der Waals surface area contributed by atoms with Gasteiger partial charge < -0.3 is 37.9 Å². The number of carbonyl (C=O) groups is 4. The molecule has 0 aromatic rings. The largest absolute Gasteiger partial charge is 0.379 e. The fraction of sp³-hybridized carbons (Fsp3) is 0.882. The van der Waals surface area contributed by atoms with Gasteiger partial charge in [0.2, 0.25) is 0 Å². The van der Waals surface area contributed by atoms with E-state index in [1.807, 2.05) is 13.8 Å². The molecule has 0 aliphatic rings. The number of carbonyl (C=O) groups excluding carboxylic acids is 4. The van der Waals surface area contributed by atoms with Crippen LogP contribution in [-0.4, -0.2) is 129 Å². The highest BCUT2D eigenvalue weighted by Crippen LogP contribution is 2.03. The Morgan fingerprint density at radius 3 is 1.02 bits per heavy atom. The van der Waals surface area contributed by atoms with E-state index in [2.05, 4.69) is 13.8 Å². The van der Waals surface area contributed by atoms with Crippen molar-refractivity contribution in [2.45, 2.75) is 79.1 Å². The maximum atomic E-state index is 11.9. The molecule has 0 radical (unpaired) electrons. The van der Waals surface area contributed by atoms with Crippen LogP contribution in [-0.2, 0) is 57.1 Å². The predicted octanol–water partition coefficient (Wildman–Crippen LogP) is 3.83. The number of Topliss-reactive ketones (excluding diaryl/α,β-unsaturated/α-hetero) is 4. The van der Waals surface area contributed by atoms with E-state index in [-0.39, 0.29) is 55.5 Å². The van der Waals surface area contributed by atoms with E-state index < -0.39 is 0 Å². The van der Waals surface area contributed by atoms with Crippen molar-refractivity contribution in [3.05, 3.63) is 0 Å². The van der Waals surface area contributed by atoms with Crippen LogP contribution >= 0.6 is 0 Å². The third-order valence-electron chi connectivity index (χ3n) is 6.47. The highest BCUT2D eigenvalue weighted by molar-refractivity contribution is 5.81. The lowest BCUT2D eigenvalue weighted by molar-refractivity contribution is -0.127. The molecule has 0 saturated heterocycles. The lowest BCUT2D eigenvalue weighted by Gasteiger charge is -2.08. The van der Waals surface area contributed by atoms with Gasteiger partial charge >= 0.3 is 0 Å². The Labute approximate surface area is 276 Å². The molecule has 0 aromatic carbocycles. The number of hydrogen-bond acceptors (Lipinski definition) is 12. The highest BCUT2D eigenvalue weighted by atomic mass is 16.5. The van der Waals surface area contributed by atoms with Crippen molar-refractivity contribution < 1.29 is 57.1 Å². The molecule has 0 aromatic heterocycles. The van der Waals surface area contributed by atoms with Crippen molar-refractivity contribution in [2.75, 3.05) is 106 Å². The topological polar surface area (TPSA) is 142 Å². The quantitative estimate of drug-likeness (QED) is 0.0893. The zero-order chi connectivity index (χ0) is 34.1. The monoisotopic (exact) mass is 662 g/mol. The van der Waals surface area contributed by atoms with Gasteiger partial charge in [-0.15, -0.1) is 0 Å². The lowest BCUT2D eigenvalue weighted by atomic mass is 10.1. The van der Waals surface area contributed by atoms with Gasteiger partial charge in [0.05, 0.1) is 52.9 Å². The second kappa shape index (κ2) is 33.3. The highest BCUT2D eigenvalue weighted by Gasteiger charge is 2.07. The molecule has 0 atom stereocenters. The molecule has 0 bridgehead atoms. The van der Waals surface area contributed by atoms with Gasteiger partial charge in [-0.1, -0.05) is 27.7 Å². The fourth-order valence-corrected chi connectivity index (χ4v) is 3.70. The van der Waals surface area contributed by atoms with E-state index in [0.29, 0.717) is 117 Å². The molecular weight excluding hydrogens is 600 g/mol. The number of ether oxygens (including phenoxy) is 8. The molecule has 0 heterocycles. The van der Waals surface area contributed by atoms with Crippen molar-refractivity contribution >= 4 is 23.1 Å². The van der Waals surface area contributed by atoms with Crippen LogP contribution in [0.2, 0.25) is 0 Å². The molecule has 12 heteroatoms. The number of ketones is 4. The minimum absolute atomic E-state index is 0.000948. The van der Waals surface area contributed by atoms with Crippen LogP contribution in [0.5, 0.6) is 0 Å². The minimum Gasteiger partial charge on any atom is -0.379 e. The first-order valence-electron chi connectivity index (χ1n) is 16.9. The van der Waals surface area contributed by atoms with Crippen LogP contribution in [0.3, 0.4) is 0 Å². The van der Waals surface area contributed by atoms with Crippen molar-refractivity contribution in [1.82, 2.24) is 0 Å². The summed E-state index contributed by atoms with van der Waals surface area (Å²) in [5.41, 5.74) is 0. The van der Waals surface area contributed by atoms with Gasteiger partial charge in [0.1, 0.15) is 26.4 Å². The Bertz CT molecular complexity index is 756. The van der Waals surface area contributed by atoms with Crippen molar-refractivity contribution in [3.63, 3.8) is 0 Å². The molecule has 0 amide bonds. The summed E-state index contributed by atoms with van der Waals surface area (Å²) in [6.45, 7) is 13.4. The van der Waals surface area contributed by atoms with E-state index in [0.717, 1.165) is 19.4 Å². The summed E-state index contributed by atoms with van der Waals surface area (Å²) in [7, 11) is 0. The van der Waals surface area contributed by atoms with Gasteiger partial charge in [-0.05, 0) is 38.0 Å². The maximum absolute atomic E-state index is 11.9. The number of rotatable bonds is 37. The molecule has 0 rings (SSSR count). The summed E-state index contributed by atoms with van der Waals surface area (Å²) >= 11 is 0. The standard InChI is InChI=1S/C34H62O12/c1-29(2)9-5-13-39-17-21-43-25-31(35)10-6-14-40-18-22-44-26-32(36)11-7-15-41-19-23-45-27-33(37)12-8-16-42-20-24-46-28-34(38)30(3)4/h29-30H,5-28H2,1-4H3. The predicted molar refractivity (Wildman–Crippen MR) is 173 cm³/mol. The molecule has 270 valence electrons.